The molecule has 0 saturated carbocycles. The average molecular weight is 615 g/mol. The molecule has 0 saturated heterocycles. The van der Waals surface area contributed by atoms with E-state index in [0.29, 0.717) is 0 Å². The zero-order chi connectivity index (χ0) is 31.9. The van der Waals surface area contributed by atoms with E-state index < -0.39 is 0 Å². The van der Waals surface area contributed by atoms with Gasteiger partial charge in [-0.15, -0.1) is 0 Å². The lowest BCUT2D eigenvalue weighted by atomic mass is 10.0. The monoisotopic (exact) mass is 614 g/mol. The second kappa shape index (κ2) is 11.7. The van der Waals surface area contributed by atoms with Crippen molar-refractivity contribution in [2.45, 2.75) is 0 Å². The number of benzene rings is 7. The maximum atomic E-state index is 4.75. The number of para-hydroxylation sites is 2. The summed E-state index contributed by atoms with van der Waals surface area (Å²) in [4.78, 5) is 11.8. The number of anilines is 3. The zero-order valence-electron chi connectivity index (χ0n) is 26.1. The van der Waals surface area contributed by atoms with Crippen LogP contribution >= 0.6 is 0 Å². The molecule has 0 bridgehead atoms. The van der Waals surface area contributed by atoms with Gasteiger partial charge < -0.3 is 9.47 Å². The van der Waals surface area contributed by atoms with Gasteiger partial charge in [0.15, 0.2) is 0 Å². The van der Waals surface area contributed by atoms with Gasteiger partial charge in [-0.3, -0.25) is 9.97 Å². The number of nitrogens with zero attached hydrogens (tertiary/aromatic N) is 4. The molecule has 0 radical (unpaired) electrons. The van der Waals surface area contributed by atoms with Crippen LogP contribution in [-0.2, 0) is 0 Å². The van der Waals surface area contributed by atoms with Crippen LogP contribution in [-0.4, -0.2) is 14.5 Å². The van der Waals surface area contributed by atoms with Crippen LogP contribution < -0.4 is 4.90 Å². The highest BCUT2D eigenvalue weighted by atomic mass is 15.1. The van der Waals surface area contributed by atoms with Gasteiger partial charge in [0.05, 0.1) is 22.4 Å². The van der Waals surface area contributed by atoms with E-state index in [1.54, 1.807) is 12.4 Å². The highest BCUT2D eigenvalue weighted by molar-refractivity contribution is 6.09. The minimum atomic E-state index is 0.864. The molecule has 0 N–H and O–H groups in total. The second-order valence-electron chi connectivity index (χ2n) is 11.9. The standard InChI is InChI=1S/C44H30N4/c1-2-11-32(12-3-1)43-44(46-29-28-45-43)33-19-21-35(22-20-33)47(38-23-18-31-10-4-5-13-34(31)30-38)36-24-26-37(27-25-36)48-41-16-8-6-14-39(41)40-15-7-9-17-42(40)48/h1-30H. The molecule has 0 atom stereocenters. The molecule has 48 heavy (non-hydrogen) atoms. The summed E-state index contributed by atoms with van der Waals surface area (Å²) in [6, 6.07) is 60.2. The molecule has 0 fully saturated rings. The SMILES string of the molecule is c1ccc(-c2nccnc2-c2ccc(N(c3ccc(-n4c5ccccc5c5ccccc54)cc3)c3ccc4ccccc4c3)cc2)cc1. The van der Waals surface area contributed by atoms with Crippen LogP contribution in [0.25, 0.3) is 60.8 Å². The molecule has 4 heteroatoms. The van der Waals surface area contributed by atoms with Crippen molar-refractivity contribution in [2.24, 2.45) is 0 Å². The summed E-state index contributed by atoms with van der Waals surface area (Å²) in [7, 11) is 0. The Morgan fingerprint density at radius 1 is 0.396 bits per heavy atom. The predicted molar refractivity (Wildman–Crippen MR) is 199 cm³/mol. The van der Waals surface area contributed by atoms with Gasteiger partial charge in [0, 0.05) is 57.0 Å². The molecule has 2 heterocycles. The molecule has 0 unspecified atom stereocenters. The van der Waals surface area contributed by atoms with Crippen LogP contribution in [0.3, 0.4) is 0 Å². The maximum Gasteiger partial charge on any atom is 0.0965 e. The fourth-order valence-electron chi connectivity index (χ4n) is 6.84. The Balaban J connectivity index is 1.15. The van der Waals surface area contributed by atoms with Crippen LogP contribution in [0, 0.1) is 0 Å². The lowest BCUT2D eigenvalue weighted by Gasteiger charge is -2.26. The Hall–Kier alpha value is -6.52. The molecule has 0 amide bonds. The predicted octanol–water partition coefficient (Wildman–Crippen LogP) is 11.5. The molecule has 0 aliphatic heterocycles. The van der Waals surface area contributed by atoms with Crippen molar-refractivity contribution in [2.75, 3.05) is 4.90 Å². The van der Waals surface area contributed by atoms with Gasteiger partial charge in [-0.1, -0.05) is 109 Å². The number of hydrogen-bond acceptors (Lipinski definition) is 3. The van der Waals surface area contributed by atoms with Gasteiger partial charge in [0.2, 0.25) is 0 Å². The topological polar surface area (TPSA) is 34.0 Å². The van der Waals surface area contributed by atoms with Crippen LogP contribution in [0.2, 0.25) is 0 Å². The van der Waals surface area contributed by atoms with Gasteiger partial charge in [0.1, 0.15) is 0 Å². The van der Waals surface area contributed by atoms with E-state index in [-0.39, 0.29) is 0 Å². The third kappa shape index (κ3) is 4.79. The summed E-state index contributed by atoms with van der Waals surface area (Å²) >= 11 is 0. The molecule has 0 aliphatic rings. The number of hydrogen-bond donors (Lipinski definition) is 0. The van der Waals surface area contributed by atoms with E-state index in [1.807, 2.05) is 18.2 Å². The van der Waals surface area contributed by atoms with Gasteiger partial charge in [-0.2, -0.15) is 0 Å². The molecule has 9 rings (SSSR count). The summed E-state index contributed by atoms with van der Waals surface area (Å²) in [5.74, 6) is 0. The Morgan fingerprint density at radius 3 is 1.54 bits per heavy atom. The normalized spacial score (nSPS) is 11.3. The molecule has 7 aromatic carbocycles. The second-order valence-corrected chi connectivity index (χ2v) is 11.9. The summed E-state index contributed by atoms with van der Waals surface area (Å²) in [5.41, 5.74) is 10.6. The molecule has 4 nitrogen and oxygen atoms in total. The lowest BCUT2D eigenvalue weighted by Crippen LogP contribution is -2.10. The van der Waals surface area contributed by atoms with Crippen molar-refractivity contribution in [3.05, 3.63) is 182 Å². The maximum absolute atomic E-state index is 4.75. The summed E-state index contributed by atoms with van der Waals surface area (Å²) in [6.45, 7) is 0. The van der Waals surface area contributed by atoms with Crippen molar-refractivity contribution in [3.63, 3.8) is 0 Å². The average Bonchev–Trinajstić information content (AvgIpc) is 3.50. The highest BCUT2D eigenvalue weighted by Crippen LogP contribution is 2.39. The van der Waals surface area contributed by atoms with E-state index in [9.17, 15) is 0 Å². The Kier molecular flexibility index (Phi) is 6.76. The van der Waals surface area contributed by atoms with Crippen LogP contribution in [0.4, 0.5) is 17.1 Å². The summed E-state index contributed by atoms with van der Waals surface area (Å²) in [5, 5.41) is 4.93. The Morgan fingerprint density at radius 2 is 0.896 bits per heavy atom. The molecule has 0 spiro atoms. The fraction of sp³-hybridized carbons (Fsp3) is 0. The first-order chi connectivity index (χ1) is 23.8. The summed E-state index contributed by atoms with van der Waals surface area (Å²) < 4.78 is 2.36. The van der Waals surface area contributed by atoms with Crippen molar-refractivity contribution in [1.82, 2.24) is 14.5 Å². The number of aromatic nitrogens is 3. The third-order valence-corrected chi connectivity index (χ3v) is 9.08. The minimum Gasteiger partial charge on any atom is -0.310 e. The van der Waals surface area contributed by atoms with E-state index in [0.717, 1.165) is 45.3 Å². The molecule has 9 aromatic rings. The van der Waals surface area contributed by atoms with Gasteiger partial charge >= 0.3 is 0 Å². The highest BCUT2D eigenvalue weighted by Gasteiger charge is 2.17. The van der Waals surface area contributed by atoms with E-state index in [2.05, 4.69) is 161 Å². The van der Waals surface area contributed by atoms with Crippen LogP contribution in [0.15, 0.2) is 182 Å². The number of rotatable bonds is 6. The van der Waals surface area contributed by atoms with Gasteiger partial charge in [-0.05, 0) is 71.4 Å². The van der Waals surface area contributed by atoms with Crippen molar-refractivity contribution < 1.29 is 0 Å². The van der Waals surface area contributed by atoms with Crippen molar-refractivity contribution in [3.8, 4) is 28.2 Å². The minimum absolute atomic E-state index is 0.864. The van der Waals surface area contributed by atoms with Crippen molar-refractivity contribution >= 4 is 49.6 Å². The Labute approximate surface area is 278 Å². The van der Waals surface area contributed by atoms with Gasteiger partial charge in [0.25, 0.3) is 0 Å². The first-order valence-corrected chi connectivity index (χ1v) is 16.2. The molecular weight excluding hydrogens is 585 g/mol. The quantitative estimate of drug-likeness (QED) is 0.187. The molecular formula is C44H30N4. The zero-order valence-corrected chi connectivity index (χ0v) is 26.1. The lowest BCUT2D eigenvalue weighted by molar-refractivity contribution is 1.17. The fourth-order valence-corrected chi connectivity index (χ4v) is 6.84. The Bertz CT molecular complexity index is 2500. The molecule has 226 valence electrons. The molecule has 2 aromatic heterocycles. The number of fused-ring (bicyclic) bond motifs is 4. The summed E-state index contributed by atoms with van der Waals surface area (Å²) in [6.07, 6.45) is 3.51. The first-order valence-electron chi connectivity index (χ1n) is 16.2. The first kappa shape index (κ1) is 27.8. The smallest absolute Gasteiger partial charge is 0.0965 e. The van der Waals surface area contributed by atoms with E-state index in [4.69, 9.17) is 9.97 Å². The van der Waals surface area contributed by atoms with Crippen molar-refractivity contribution in [1.29, 1.82) is 0 Å². The van der Waals surface area contributed by atoms with E-state index in [1.165, 1.54) is 32.6 Å². The molecule has 0 aliphatic carbocycles. The van der Waals surface area contributed by atoms with E-state index >= 15 is 0 Å². The largest absolute Gasteiger partial charge is 0.310 e. The van der Waals surface area contributed by atoms with Gasteiger partial charge in [-0.25, -0.2) is 0 Å². The third-order valence-electron chi connectivity index (χ3n) is 9.08. The van der Waals surface area contributed by atoms with Crippen LogP contribution in [0.1, 0.15) is 0 Å². The van der Waals surface area contributed by atoms with Crippen LogP contribution in [0.5, 0.6) is 0 Å².